The van der Waals surface area contributed by atoms with Crippen LogP contribution in [0.4, 0.5) is 5.69 Å². The van der Waals surface area contributed by atoms with E-state index in [1.165, 1.54) is 5.56 Å². The Bertz CT molecular complexity index is 319. The maximum atomic E-state index is 10.3. The van der Waals surface area contributed by atoms with Gasteiger partial charge in [-0.25, -0.2) is 0 Å². The van der Waals surface area contributed by atoms with Crippen LogP contribution in [0.1, 0.15) is 5.56 Å². The molecular weight excluding hydrogens is 188 g/mol. The molecule has 0 atom stereocenters. The van der Waals surface area contributed by atoms with Crippen molar-refractivity contribution in [3.05, 3.63) is 29.8 Å². The van der Waals surface area contributed by atoms with Crippen molar-refractivity contribution in [2.75, 3.05) is 5.43 Å². The Morgan fingerprint density at radius 1 is 1.46 bits per heavy atom. The summed E-state index contributed by atoms with van der Waals surface area (Å²) in [6, 6.07) is 7.62. The zero-order chi connectivity index (χ0) is 9.68. The molecule has 0 aromatic heterocycles. The second-order valence-corrected chi connectivity index (χ2v) is 2.91. The summed E-state index contributed by atoms with van der Waals surface area (Å²) in [5, 5.41) is 3.02. The van der Waals surface area contributed by atoms with E-state index in [-0.39, 0.29) is 0 Å². The van der Waals surface area contributed by atoms with Crippen molar-refractivity contribution in [3.8, 4) is 0 Å². The third-order valence-electron chi connectivity index (χ3n) is 1.41. The molecule has 3 nitrogen and oxygen atoms in total. The second kappa shape index (κ2) is 4.62. The molecule has 0 aliphatic heterocycles. The molecule has 1 aromatic carbocycles. The number of hydrogen-bond acceptors (Lipinski definition) is 3. The van der Waals surface area contributed by atoms with E-state index in [9.17, 15) is 4.79 Å². The molecule has 0 unspecified atom stereocenters. The van der Waals surface area contributed by atoms with Crippen LogP contribution in [0.15, 0.2) is 29.4 Å². The zero-order valence-electron chi connectivity index (χ0n) is 7.12. The van der Waals surface area contributed by atoms with Crippen LogP contribution in [-0.2, 0) is 4.79 Å². The largest absolute Gasteiger partial charge is 0.278 e. The molecule has 0 aliphatic carbocycles. The van der Waals surface area contributed by atoms with Crippen LogP contribution in [-0.4, -0.2) is 11.5 Å². The predicted octanol–water partition coefficient (Wildman–Crippen LogP) is 2.16. The van der Waals surface area contributed by atoms with Gasteiger partial charge in [-0.3, -0.25) is 10.2 Å². The minimum Gasteiger partial charge on any atom is -0.278 e. The van der Waals surface area contributed by atoms with E-state index >= 15 is 0 Å². The minimum absolute atomic E-state index is 0.598. The summed E-state index contributed by atoms with van der Waals surface area (Å²) >= 11 is 5.04. The summed E-state index contributed by atoms with van der Waals surface area (Å²) < 4.78 is 0. The number of carbonyl (C=O) groups is 1. The molecular formula is C9H9ClN2O. The number of nitrogens with zero attached hydrogens (tertiary/aromatic N) is 1. The van der Waals surface area contributed by atoms with Gasteiger partial charge in [-0.15, -0.1) is 0 Å². The number of anilines is 1. The Morgan fingerprint density at radius 2 is 2.08 bits per heavy atom. The van der Waals surface area contributed by atoms with Gasteiger partial charge in [-0.1, -0.05) is 17.7 Å². The molecule has 68 valence electrons. The van der Waals surface area contributed by atoms with Gasteiger partial charge in [0.15, 0.2) is 0 Å². The average Bonchev–Trinajstić information content (AvgIpc) is 2.08. The molecule has 0 saturated heterocycles. The number of carbonyl (C=O) groups excluding carboxylic acids is 1. The molecule has 0 aliphatic rings. The standard InChI is InChI=1S/C9H9ClN2O/c1-7-2-4-8(5-3-7)12-11-6-9(10)13/h2-6,12H,1H3/b11-6+. The first-order chi connectivity index (χ1) is 6.18. The highest BCUT2D eigenvalue weighted by atomic mass is 35.5. The molecule has 13 heavy (non-hydrogen) atoms. The number of aryl methyl sites for hydroxylation is 1. The Morgan fingerprint density at radius 3 is 2.62 bits per heavy atom. The SMILES string of the molecule is Cc1ccc(N/N=C/C(=O)Cl)cc1. The Labute approximate surface area is 81.4 Å². The lowest BCUT2D eigenvalue weighted by molar-refractivity contribution is -0.105. The summed E-state index contributed by atoms with van der Waals surface area (Å²) in [6.45, 7) is 2.00. The van der Waals surface area contributed by atoms with Gasteiger partial charge in [0.05, 0.1) is 5.69 Å². The predicted molar refractivity (Wildman–Crippen MR) is 54.2 cm³/mol. The minimum atomic E-state index is -0.598. The van der Waals surface area contributed by atoms with E-state index in [2.05, 4.69) is 10.5 Å². The van der Waals surface area contributed by atoms with Crippen LogP contribution < -0.4 is 5.43 Å². The number of halogens is 1. The van der Waals surface area contributed by atoms with E-state index in [1.807, 2.05) is 31.2 Å². The summed E-state index contributed by atoms with van der Waals surface area (Å²) in [5.74, 6) is 0. The monoisotopic (exact) mass is 196 g/mol. The van der Waals surface area contributed by atoms with Crippen LogP contribution in [0.3, 0.4) is 0 Å². The van der Waals surface area contributed by atoms with Crippen molar-refractivity contribution < 1.29 is 4.79 Å². The summed E-state index contributed by atoms with van der Waals surface area (Å²) in [6.07, 6.45) is 1.02. The first-order valence-corrected chi connectivity index (χ1v) is 4.11. The van der Waals surface area contributed by atoms with Crippen LogP contribution in [0.5, 0.6) is 0 Å². The number of benzene rings is 1. The molecule has 0 amide bonds. The van der Waals surface area contributed by atoms with Gasteiger partial charge in [-0.05, 0) is 30.7 Å². The maximum absolute atomic E-state index is 10.3. The van der Waals surface area contributed by atoms with Gasteiger partial charge in [0.2, 0.25) is 0 Å². The number of nitrogens with one attached hydrogen (secondary N) is 1. The lowest BCUT2D eigenvalue weighted by Gasteiger charge is -1.98. The lowest BCUT2D eigenvalue weighted by Crippen LogP contribution is -1.93. The van der Waals surface area contributed by atoms with E-state index in [0.717, 1.165) is 11.9 Å². The Hall–Kier alpha value is -1.35. The molecule has 0 spiro atoms. The van der Waals surface area contributed by atoms with Crippen molar-refractivity contribution in [1.82, 2.24) is 0 Å². The van der Waals surface area contributed by atoms with Crippen LogP contribution in [0, 0.1) is 6.92 Å². The second-order valence-electron chi connectivity index (χ2n) is 2.54. The molecule has 0 radical (unpaired) electrons. The lowest BCUT2D eigenvalue weighted by atomic mass is 10.2. The van der Waals surface area contributed by atoms with Crippen molar-refractivity contribution in [2.24, 2.45) is 5.10 Å². The number of rotatable bonds is 3. The van der Waals surface area contributed by atoms with Gasteiger partial charge < -0.3 is 0 Å². The van der Waals surface area contributed by atoms with Crippen molar-refractivity contribution in [2.45, 2.75) is 6.92 Å². The highest BCUT2D eigenvalue weighted by Crippen LogP contribution is 2.07. The Balaban J connectivity index is 2.55. The van der Waals surface area contributed by atoms with Gasteiger partial charge >= 0.3 is 0 Å². The first kappa shape index (κ1) is 9.74. The first-order valence-electron chi connectivity index (χ1n) is 3.73. The third-order valence-corrected chi connectivity index (χ3v) is 1.51. The summed E-state index contributed by atoms with van der Waals surface area (Å²) in [4.78, 5) is 10.3. The fourth-order valence-corrected chi connectivity index (χ4v) is 0.834. The van der Waals surface area contributed by atoms with Gasteiger partial charge in [0, 0.05) is 0 Å². The molecule has 1 N–H and O–H groups in total. The van der Waals surface area contributed by atoms with Crippen molar-refractivity contribution in [1.29, 1.82) is 0 Å². The smallest absolute Gasteiger partial charge is 0.265 e. The van der Waals surface area contributed by atoms with Gasteiger partial charge in [0.25, 0.3) is 5.24 Å². The maximum Gasteiger partial charge on any atom is 0.265 e. The topological polar surface area (TPSA) is 41.5 Å². The molecule has 4 heteroatoms. The van der Waals surface area contributed by atoms with E-state index in [0.29, 0.717) is 0 Å². The van der Waals surface area contributed by atoms with Crippen LogP contribution >= 0.6 is 11.6 Å². The highest BCUT2D eigenvalue weighted by Gasteiger charge is 1.89. The molecule has 1 aromatic rings. The fourth-order valence-electron chi connectivity index (χ4n) is 0.786. The number of hydrogen-bond donors (Lipinski definition) is 1. The van der Waals surface area contributed by atoms with Crippen molar-refractivity contribution in [3.63, 3.8) is 0 Å². The van der Waals surface area contributed by atoms with E-state index in [4.69, 9.17) is 11.6 Å². The number of hydrazone groups is 1. The molecule has 0 fully saturated rings. The third kappa shape index (κ3) is 3.71. The highest BCUT2D eigenvalue weighted by molar-refractivity contribution is 6.78. The Kier molecular flexibility index (Phi) is 3.46. The summed E-state index contributed by atoms with van der Waals surface area (Å²) in [7, 11) is 0. The molecule has 1 rings (SSSR count). The average molecular weight is 197 g/mol. The van der Waals surface area contributed by atoms with Crippen LogP contribution in [0.25, 0.3) is 0 Å². The molecule has 0 heterocycles. The fraction of sp³-hybridized carbons (Fsp3) is 0.111. The van der Waals surface area contributed by atoms with Crippen LogP contribution in [0.2, 0.25) is 0 Å². The quantitative estimate of drug-likeness (QED) is 0.457. The van der Waals surface area contributed by atoms with E-state index < -0.39 is 5.24 Å². The van der Waals surface area contributed by atoms with Gasteiger partial charge in [0.1, 0.15) is 6.21 Å². The normalized spacial score (nSPS) is 10.3. The van der Waals surface area contributed by atoms with E-state index in [1.54, 1.807) is 0 Å². The summed E-state index contributed by atoms with van der Waals surface area (Å²) in [5.41, 5.74) is 4.66. The van der Waals surface area contributed by atoms with Crippen molar-refractivity contribution >= 4 is 28.7 Å². The molecule has 0 bridgehead atoms. The van der Waals surface area contributed by atoms with Gasteiger partial charge in [-0.2, -0.15) is 5.10 Å². The molecule has 0 saturated carbocycles. The zero-order valence-corrected chi connectivity index (χ0v) is 7.88.